The lowest BCUT2D eigenvalue weighted by molar-refractivity contribution is 0.0832. The van der Waals surface area contributed by atoms with E-state index in [1.807, 2.05) is 27.7 Å². The Hall–Kier alpha value is -1.81. The molecule has 0 unspecified atom stereocenters. The third-order valence-electron chi connectivity index (χ3n) is 5.63. The number of ether oxygens (including phenoxy) is 1. The van der Waals surface area contributed by atoms with Crippen LogP contribution in [0.5, 0.6) is 0 Å². The molecule has 3 rings (SSSR count). The minimum Gasteiger partial charge on any atom is -0.381 e. The lowest BCUT2D eigenvalue weighted by atomic mass is 9.95. The maximum Gasteiger partial charge on any atom is 0.241 e. The van der Waals surface area contributed by atoms with Crippen LogP contribution in [-0.4, -0.2) is 36.1 Å². The highest BCUT2D eigenvalue weighted by atomic mass is 32.2. The van der Waals surface area contributed by atoms with Crippen molar-refractivity contribution >= 4 is 19.9 Å². The van der Waals surface area contributed by atoms with E-state index >= 15 is 0 Å². The van der Waals surface area contributed by atoms with Crippen molar-refractivity contribution in [2.24, 2.45) is 0 Å². The highest BCUT2D eigenvalue weighted by Crippen LogP contribution is 2.36. The van der Waals surface area contributed by atoms with E-state index in [4.69, 9.17) is 4.74 Å². The summed E-state index contributed by atoms with van der Waals surface area (Å²) in [6, 6.07) is 7.23. The molecule has 1 aliphatic heterocycles. The van der Waals surface area contributed by atoms with Gasteiger partial charge in [-0.3, -0.25) is 0 Å². The molecule has 0 spiro atoms. The third-order valence-corrected chi connectivity index (χ3v) is 9.03. The Kier molecular flexibility index (Phi) is 7.44. The van der Waals surface area contributed by atoms with Gasteiger partial charge in [0.2, 0.25) is 19.9 Å². The minimum atomic E-state index is -4.07. The second-order valence-electron chi connectivity index (χ2n) is 8.70. The first kappa shape index (κ1) is 24.8. The summed E-state index contributed by atoms with van der Waals surface area (Å²) < 4.78 is 75.1. The smallest absolute Gasteiger partial charge is 0.241 e. The van der Waals surface area contributed by atoms with Gasteiger partial charge in [0, 0.05) is 19.3 Å². The van der Waals surface area contributed by atoms with Crippen LogP contribution in [-0.2, 0) is 24.6 Å². The molecule has 0 aliphatic carbocycles. The summed E-state index contributed by atoms with van der Waals surface area (Å²) in [5, 5.41) is 0. The molecule has 1 aliphatic rings. The van der Waals surface area contributed by atoms with Gasteiger partial charge in [0.1, 0.15) is 5.82 Å². The molecule has 0 amide bonds. The predicted octanol–water partition coefficient (Wildman–Crippen LogP) is 4.36. The molecular formula is C23H30FNO5S2. The molecule has 176 valence electrons. The topological polar surface area (TPSA) is 89.5 Å². The molecular weight excluding hydrogens is 453 g/mol. The number of hydrogen-bond donors (Lipinski definition) is 1. The summed E-state index contributed by atoms with van der Waals surface area (Å²) >= 11 is 0. The minimum absolute atomic E-state index is 0.0379. The van der Waals surface area contributed by atoms with Crippen molar-refractivity contribution in [2.75, 3.05) is 13.2 Å². The van der Waals surface area contributed by atoms with Gasteiger partial charge in [0.05, 0.1) is 14.7 Å². The summed E-state index contributed by atoms with van der Waals surface area (Å²) in [5.74, 6) is -0.860. The van der Waals surface area contributed by atoms with Crippen LogP contribution in [0.25, 0.3) is 0 Å². The maximum atomic E-state index is 13.5. The van der Waals surface area contributed by atoms with Crippen molar-refractivity contribution in [2.45, 2.75) is 73.1 Å². The monoisotopic (exact) mass is 483 g/mol. The standard InChI is InChI=1S/C23H30FNO5S2/c1-15(2)20-13-21(16(3)4)23(32(28,29)25-18-9-11-30-12-10-18)14-22(20)31(26,27)19-7-5-17(24)6-8-19/h5-8,13-16,18,25H,9-12H2,1-4H3. The largest absolute Gasteiger partial charge is 0.381 e. The number of hydrogen-bond acceptors (Lipinski definition) is 5. The van der Waals surface area contributed by atoms with E-state index in [-0.39, 0.29) is 32.6 Å². The van der Waals surface area contributed by atoms with E-state index < -0.39 is 25.7 Å². The van der Waals surface area contributed by atoms with Gasteiger partial charge in [0.25, 0.3) is 0 Å². The Morgan fingerprint density at radius 1 is 0.875 bits per heavy atom. The predicted molar refractivity (Wildman–Crippen MR) is 121 cm³/mol. The molecule has 32 heavy (non-hydrogen) atoms. The molecule has 1 saturated heterocycles. The normalized spacial score (nSPS) is 16.1. The zero-order valence-electron chi connectivity index (χ0n) is 18.8. The molecule has 0 aromatic heterocycles. The zero-order valence-corrected chi connectivity index (χ0v) is 20.4. The van der Waals surface area contributed by atoms with E-state index in [1.54, 1.807) is 6.07 Å². The SMILES string of the molecule is CC(C)c1cc(C(C)C)c(S(=O)(=O)c2ccc(F)cc2)cc1S(=O)(=O)NC1CCOCC1. The molecule has 1 fully saturated rings. The Labute approximate surface area is 190 Å². The first-order valence-corrected chi connectivity index (χ1v) is 13.7. The maximum absolute atomic E-state index is 13.5. The Morgan fingerprint density at radius 2 is 1.41 bits per heavy atom. The summed E-state index contributed by atoms with van der Waals surface area (Å²) in [6.07, 6.45) is 1.11. The van der Waals surface area contributed by atoms with Gasteiger partial charge in [-0.25, -0.2) is 25.9 Å². The Balaban J connectivity index is 2.20. The fourth-order valence-corrected chi connectivity index (χ4v) is 7.18. The van der Waals surface area contributed by atoms with E-state index in [9.17, 15) is 21.2 Å². The zero-order chi connectivity index (χ0) is 23.7. The van der Waals surface area contributed by atoms with E-state index in [1.165, 1.54) is 18.2 Å². The van der Waals surface area contributed by atoms with Gasteiger partial charge in [-0.05, 0) is 66.1 Å². The molecule has 9 heteroatoms. The van der Waals surface area contributed by atoms with Crippen molar-refractivity contribution in [1.29, 1.82) is 0 Å². The van der Waals surface area contributed by atoms with Crippen LogP contribution in [0.4, 0.5) is 4.39 Å². The summed E-state index contributed by atoms with van der Waals surface area (Å²) in [5.41, 5.74) is 1.09. The van der Waals surface area contributed by atoms with Crippen LogP contribution in [0.3, 0.4) is 0 Å². The van der Waals surface area contributed by atoms with Gasteiger partial charge in [0.15, 0.2) is 0 Å². The van der Waals surface area contributed by atoms with E-state index in [0.29, 0.717) is 37.2 Å². The number of sulfonamides is 1. The lowest BCUT2D eigenvalue weighted by Gasteiger charge is -2.25. The average molecular weight is 484 g/mol. The molecule has 0 atom stereocenters. The van der Waals surface area contributed by atoms with Crippen LogP contribution < -0.4 is 4.72 Å². The van der Waals surface area contributed by atoms with Crippen LogP contribution in [0.1, 0.15) is 63.5 Å². The lowest BCUT2D eigenvalue weighted by Crippen LogP contribution is -2.39. The van der Waals surface area contributed by atoms with Crippen molar-refractivity contribution in [3.8, 4) is 0 Å². The molecule has 1 N–H and O–H groups in total. The second kappa shape index (κ2) is 9.59. The third kappa shape index (κ3) is 5.22. The van der Waals surface area contributed by atoms with Gasteiger partial charge >= 0.3 is 0 Å². The highest BCUT2D eigenvalue weighted by molar-refractivity contribution is 7.91. The number of benzene rings is 2. The van der Waals surface area contributed by atoms with Crippen LogP contribution in [0, 0.1) is 5.82 Å². The molecule has 2 aromatic carbocycles. The van der Waals surface area contributed by atoms with Crippen LogP contribution >= 0.6 is 0 Å². The summed E-state index contributed by atoms with van der Waals surface area (Å²) in [6.45, 7) is 8.42. The fraction of sp³-hybridized carbons (Fsp3) is 0.478. The molecule has 0 bridgehead atoms. The van der Waals surface area contributed by atoms with Gasteiger partial charge in [-0.1, -0.05) is 33.8 Å². The Bertz CT molecular complexity index is 1170. The fourth-order valence-electron chi connectivity index (χ4n) is 3.80. The number of rotatable bonds is 7. The molecule has 6 nitrogen and oxygen atoms in total. The van der Waals surface area contributed by atoms with Gasteiger partial charge in [-0.2, -0.15) is 0 Å². The highest BCUT2D eigenvalue weighted by Gasteiger charge is 2.31. The number of nitrogens with one attached hydrogen (secondary N) is 1. The summed E-state index contributed by atoms with van der Waals surface area (Å²) in [4.78, 5) is -0.196. The second-order valence-corrected chi connectivity index (χ2v) is 12.3. The first-order valence-electron chi connectivity index (χ1n) is 10.7. The summed E-state index contributed by atoms with van der Waals surface area (Å²) in [7, 11) is -8.05. The van der Waals surface area contributed by atoms with Gasteiger partial charge in [-0.15, -0.1) is 0 Å². The number of halogens is 1. The molecule has 1 heterocycles. The van der Waals surface area contributed by atoms with Crippen LogP contribution in [0.15, 0.2) is 51.1 Å². The van der Waals surface area contributed by atoms with Crippen LogP contribution in [0.2, 0.25) is 0 Å². The quantitative estimate of drug-likeness (QED) is 0.591. The molecule has 0 saturated carbocycles. The van der Waals surface area contributed by atoms with E-state index in [2.05, 4.69) is 4.72 Å². The Morgan fingerprint density at radius 3 is 1.94 bits per heavy atom. The molecule has 2 aromatic rings. The molecule has 0 radical (unpaired) electrons. The number of sulfone groups is 1. The van der Waals surface area contributed by atoms with Gasteiger partial charge < -0.3 is 4.74 Å². The average Bonchev–Trinajstić information content (AvgIpc) is 2.73. The van der Waals surface area contributed by atoms with Crippen molar-refractivity contribution in [3.05, 3.63) is 53.3 Å². The van der Waals surface area contributed by atoms with Crippen molar-refractivity contribution < 1.29 is 26.0 Å². The van der Waals surface area contributed by atoms with E-state index in [0.717, 1.165) is 12.1 Å². The first-order chi connectivity index (χ1) is 14.9. The van der Waals surface area contributed by atoms with Crippen molar-refractivity contribution in [1.82, 2.24) is 4.72 Å². The van der Waals surface area contributed by atoms with Crippen molar-refractivity contribution in [3.63, 3.8) is 0 Å².